The van der Waals surface area contributed by atoms with Gasteiger partial charge < -0.3 is 10.4 Å². The number of aliphatic carboxylic acids is 1. The van der Waals surface area contributed by atoms with Crippen molar-refractivity contribution < 1.29 is 14.7 Å². The van der Waals surface area contributed by atoms with Gasteiger partial charge in [0, 0.05) is 12.3 Å². The maximum Gasteiger partial charge on any atom is 0.328 e. The van der Waals surface area contributed by atoms with Crippen LogP contribution in [0.1, 0.15) is 36.3 Å². The molecule has 27 heavy (non-hydrogen) atoms. The summed E-state index contributed by atoms with van der Waals surface area (Å²) >= 11 is 0. The number of rotatable bonds is 6. The Labute approximate surface area is 154 Å². The van der Waals surface area contributed by atoms with E-state index in [9.17, 15) is 24.3 Å². The van der Waals surface area contributed by atoms with Crippen LogP contribution in [0.15, 0.2) is 46.1 Å². The minimum absolute atomic E-state index is 0.0622. The van der Waals surface area contributed by atoms with Gasteiger partial charge in [-0.1, -0.05) is 24.3 Å². The lowest BCUT2D eigenvalue weighted by atomic mass is 9.79. The average molecular weight is 371 g/mol. The molecule has 3 rings (SSSR count). The van der Waals surface area contributed by atoms with Crippen molar-refractivity contribution in [3.05, 3.63) is 68.5 Å². The van der Waals surface area contributed by atoms with E-state index in [0.717, 1.165) is 35.5 Å². The van der Waals surface area contributed by atoms with E-state index in [0.29, 0.717) is 6.42 Å². The van der Waals surface area contributed by atoms with E-state index in [1.54, 1.807) is 0 Å². The third-order valence-electron chi connectivity index (χ3n) is 4.86. The van der Waals surface area contributed by atoms with Gasteiger partial charge in [0.25, 0.3) is 5.56 Å². The van der Waals surface area contributed by atoms with Crippen LogP contribution in [0.5, 0.6) is 0 Å². The number of hydrogen-bond donors (Lipinski definition) is 3. The lowest BCUT2D eigenvalue weighted by molar-refractivity contribution is -0.142. The Morgan fingerprint density at radius 1 is 1.26 bits per heavy atom. The number of fused-ring (bicyclic) bond motifs is 1. The van der Waals surface area contributed by atoms with E-state index in [-0.39, 0.29) is 12.5 Å². The third kappa shape index (κ3) is 4.52. The summed E-state index contributed by atoms with van der Waals surface area (Å²) in [6.07, 6.45) is 4.32. The number of hydrogen-bond acceptors (Lipinski definition) is 4. The highest BCUT2D eigenvalue weighted by Gasteiger charge is 2.28. The normalized spacial score (nSPS) is 17.0. The van der Waals surface area contributed by atoms with Gasteiger partial charge >= 0.3 is 11.7 Å². The minimum Gasteiger partial charge on any atom is -0.480 e. The Morgan fingerprint density at radius 2 is 2.04 bits per heavy atom. The van der Waals surface area contributed by atoms with Crippen LogP contribution in [-0.2, 0) is 22.6 Å². The molecule has 142 valence electrons. The van der Waals surface area contributed by atoms with E-state index in [2.05, 4.69) is 16.4 Å². The van der Waals surface area contributed by atoms with Crippen molar-refractivity contribution in [2.24, 2.45) is 0 Å². The van der Waals surface area contributed by atoms with Crippen molar-refractivity contribution in [1.29, 1.82) is 0 Å². The summed E-state index contributed by atoms with van der Waals surface area (Å²) in [6, 6.07) is 8.06. The van der Waals surface area contributed by atoms with Crippen molar-refractivity contribution in [3.8, 4) is 0 Å². The van der Waals surface area contributed by atoms with Crippen LogP contribution < -0.4 is 16.6 Å². The molecule has 0 bridgehead atoms. The number of aromatic nitrogens is 2. The monoisotopic (exact) mass is 371 g/mol. The number of H-pyrrole nitrogens is 1. The number of nitrogens with zero attached hydrogens (tertiary/aromatic N) is 1. The molecule has 0 saturated carbocycles. The number of carbonyl (C=O) groups excluding carboxylic acids is 1. The number of amides is 1. The molecular formula is C19H21N3O5. The molecule has 8 heteroatoms. The number of nitrogens with one attached hydrogen (secondary N) is 2. The Morgan fingerprint density at radius 3 is 2.78 bits per heavy atom. The van der Waals surface area contributed by atoms with Crippen LogP contribution in [0, 0.1) is 0 Å². The molecule has 1 aliphatic rings. The topological polar surface area (TPSA) is 121 Å². The van der Waals surface area contributed by atoms with E-state index in [1.165, 1.54) is 11.8 Å². The van der Waals surface area contributed by atoms with Gasteiger partial charge in [0.05, 0.1) is 0 Å². The molecule has 0 aliphatic heterocycles. The fraction of sp³-hybridized carbons (Fsp3) is 0.368. The van der Waals surface area contributed by atoms with Gasteiger partial charge in [0.1, 0.15) is 12.6 Å². The van der Waals surface area contributed by atoms with Crippen LogP contribution in [0.25, 0.3) is 0 Å². The standard InChI is InChI=1S/C19H21N3O5/c23-16-8-9-22(19(27)21-16)11-17(24)20-15(18(25)26)10-13-6-3-5-12-4-1-2-7-14(12)13/h1-2,4,7-9,13,15H,3,5-6,10-11H2,(H,20,24)(H,25,26)(H,21,23,27). The molecule has 1 heterocycles. The number of benzene rings is 1. The predicted molar refractivity (Wildman–Crippen MR) is 97.6 cm³/mol. The Bertz CT molecular complexity index is 962. The first-order chi connectivity index (χ1) is 12.9. The highest BCUT2D eigenvalue weighted by molar-refractivity contribution is 5.83. The quantitative estimate of drug-likeness (QED) is 0.687. The van der Waals surface area contributed by atoms with E-state index < -0.39 is 29.2 Å². The molecular weight excluding hydrogens is 350 g/mol. The predicted octanol–water partition coefficient (Wildman–Crippen LogP) is 0.616. The smallest absolute Gasteiger partial charge is 0.328 e. The minimum atomic E-state index is -1.11. The molecule has 3 N–H and O–H groups in total. The first-order valence-electron chi connectivity index (χ1n) is 8.84. The molecule has 2 atom stereocenters. The molecule has 2 aromatic rings. The van der Waals surface area contributed by atoms with Crippen LogP contribution >= 0.6 is 0 Å². The molecule has 0 radical (unpaired) electrons. The van der Waals surface area contributed by atoms with Crippen molar-refractivity contribution in [2.45, 2.75) is 44.2 Å². The molecule has 8 nitrogen and oxygen atoms in total. The summed E-state index contributed by atoms with van der Waals surface area (Å²) in [5.74, 6) is -1.65. The SMILES string of the molecule is O=C(Cn1ccc(=O)[nH]c1=O)NC(CC1CCCc2ccccc21)C(=O)O. The number of carbonyl (C=O) groups is 2. The van der Waals surface area contributed by atoms with Gasteiger partial charge in [-0.05, 0) is 42.7 Å². The largest absolute Gasteiger partial charge is 0.480 e. The Hall–Kier alpha value is -3.16. The summed E-state index contributed by atoms with van der Waals surface area (Å²) in [6.45, 7) is -0.360. The second kappa shape index (κ2) is 8.03. The van der Waals surface area contributed by atoms with Gasteiger partial charge in [-0.25, -0.2) is 9.59 Å². The fourth-order valence-electron chi connectivity index (χ4n) is 3.57. The molecule has 0 saturated heterocycles. The Kier molecular flexibility index (Phi) is 5.54. The maximum absolute atomic E-state index is 12.2. The molecule has 0 fully saturated rings. The van der Waals surface area contributed by atoms with E-state index >= 15 is 0 Å². The van der Waals surface area contributed by atoms with Gasteiger partial charge in [-0.2, -0.15) is 0 Å². The zero-order valence-corrected chi connectivity index (χ0v) is 14.7. The summed E-state index contributed by atoms with van der Waals surface area (Å²) in [4.78, 5) is 48.7. The van der Waals surface area contributed by atoms with Gasteiger partial charge in [0.2, 0.25) is 5.91 Å². The zero-order valence-electron chi connectivity index (χ0n) is 14.7. The van der Waals surface area contributed by atoms with Crippen molar-refractivity contribution in [3.63, 3.8) is 0 Å². The molecule has 1 aromatic carbocycles. The number of aromatic amines is 1. The molecule has 1 amide bonds. The molecule has 1 aromatic heterocycles. The van der Waals surface area contributed by atoms with Crippen molar-refractivity contribution in [1.82, 2.24) is 14.9 Å². The summed E-state index contributed by atoms with van der Waals surface area (Å²) < 4.78 is 1.02. The van der Waals surface area contributed by atoms with Gasteiger partial charge in [0.15, 0.2) is 0 Å². The van der Waals surface area contributed by atoms with Crippen LogP contribution in [0.4, 0.5) is 0 Å². The zero-order chi connectivity index (χ0) is 19.4. The lowest BCUT2D eigenvalue weighted by Gasteiger charge is -2.28. The van der Waals surface area contributed by atoms with Crippen molar-refractivity contribution >= 4 is 11.9 Å². The lowest BCUT2D eigenvalue weighted by Crippen LogP contribution is -2.44. The maximum atomic E-state index is 12.2. The first-order valence-corrected chi connectivity index (χ1v) is 8.84. The van der Waals surface area contributed by atoms with E-state index in [4.69, 9.17) is 0 Å². The number of carboxylic acid groups (broad SMARTS) is 1. The van der Waals surface area contributed by atoms with E-state index in [1.807, 2.05) is 18.2 Å². The van der Waals surface area contributed by atoms with Gasteiger partial charge in [-0.3, -0.25) is 19.1 Å². The second-order valence-corrected chi connectivity index (χ2v) is 6.72. The Balaban J connectivity index is 1.69. The van der Waals surface area contributed by atoms with Crippen molar-refractivity contribution in [2.75, 3.05) is 0 Å². The molecule has 0 spiro atoms. The number of carboxylic acids is 1. The van der Waals surface area contributed by atoms with Crippen LogP contribution in [0.3, 0.4) is 0 Å². The highest BCUT2D eigenvalue weighted by Crippen LogP contribution is 2.34. The summed E-state index contributed by atoms with van der Waals surface area (Å²) in [7, 11) is 0. The van der Waals surface area contributed by atoms with Gasteiger partial charge in [-0.15, -0.1) is 0 Å². The summed E-state index contributed by atoms with van der Waals surface area (Å²) in [5, 5.41) is 12.0. The average Bonchev–Trinajstić information content (AvgIpc) is 2.63. The fourth-order valence-corrected chi connectivity index (χ4v) is 3.57. The molecule has 2 unspecified atom stereocenters. The third-order valence-corrected chi connectivity index (χ3v) is 4.86. The highest BCUT2D eigenvalue weighted by atomic mass is 16.4. The van der Waals surface area contributed by atoms with Crippen LogP contribution in [0.2, 0.25) is 0 Å². The molecule has 1 aliphatic carbocycles. The first kappa shape index (κ1) is 18.6. The number of aryl methyl sites for hydroxylation is 1. The second-order valence-electron chi connectivity index (χ2n) is 6.72. The van der Waals surface area contributed by atoms with Crippen LogP contribution in [-0.4, -0.2) is 32.6 Å². The summed E-state index contributed by atoms with van der Waals surface area (Å²) in [5.41, 5.74) is 1.09.